The molecule has 2 fully saturated rings. The van der Waals surface area contributed by atoms with E-state index < -0.39 is 0 Å². The van der Waals surface area contributed by atoms with Gasteiger partial charge in [-0.1, -0.05) is 0 Å². The van der Waals surface area contributed by atoms with Gasteiger partial charge in [-0.05, 0) is 43.2 Å². The van der Waals surface area contributed by atoms with Crippen LogP contribution in [0.4, 0.5) is 0 Å². The predicted molar refractivity (Wildman–Crippen MR) is 92.9 cm³/mol. The molecule has 5 nitrogen and oxygen atoms in total. The molecule has 0 aromatic carbocycles. The second-order valence-electron chi connectivity index (χ2n) is 5.74. The van der Waals surface area contributed by atoms with Gasteiger partial charge in [0.15, 0.2) is 4.34 Å². The zero-order chi connectivity index (χ0) is 15.8. The van der Waals surface area contributed by atoms with E-state index in [1.165, 1.54) is 24.2 Å². The first-order chi connectivity index (χ1) is 11.2. The molecule has 4 heterocycles. The molecule has 0 radical (unpaired) electrons. The average molecular weight is 368 g/mol. The summed E-state index contributed by atoms with van der Waals surface area (Å²) < 4.78 is 7.09. The maximum atomic E-state index is 12.4. The van der Waals surface area contributed by atoms with Crippen LogP contribution in [0.3, 0.4) is 0 Å². The van der Waals surface area contributed by atoms with Gasteiger partial charge in [0.05, 0.1) is 21.6 Å². The number of rotatable bonds is 5. The molecule has 122 valence electrons. The molecule has 2 aliphatic rings. The summed E-state index contributed by atoms with van der Waals surface area (Å²) in [6.45, 7) is 0. The average Bonchev–Trinajstić information content (AvgIpc) is 3.32. The molecule has 23 heavy (non-hydrogen) atoms. The van der Waals surface area contributed by atoms with Gasteiger partial charge in [-0.3, -0.25) is 4.79 Å². The Labute approximate surface area is 146 Å². The number of ether oxygens (including phenoxy) is 1. The minimum atomic E-state index is 0.0397. The molecule has 4 rings (SSSR count). The Morgan fingerprint density at radius 2 is 2.39 bits per heavy atom. The monoisotopic (exact) mass is 367 g/mol. The third kappa shape index (κ3) is 3.26. The molecule has 2 aromatic heterocycles. The van der Waals surface area contributed by atoms with Crippen molar-refractivity contribution >= 4 is 40.3 Å². The number of thiazole rings is 1. The number of nitrogens with one attached hydrogen (secondary N) is 2. The summed E-state index contributed by atoms with van der Waals surface area (Å²) in [6, 6.07) is 5.22. The molecule has 8 heteroatoms. The van der Waals surface area contributed by atoms with E-state index >= 15 is 0 Å². The summed E-state index contributed by atoms with van der Waals surface area (Å²) in [6.07, 6.45) is 3.48. The van der Waals surface area contributed by atoms with Gasteiger partial charge in [0.25, 0.3) is 5.91 Å². The Kier molecular flexibility index (Phi) is 4.31. The van der Waals surface area contributed by atoms with Crippen LogP contribution in [0.5, 0.6) is 5.88 Å². The van der Waals surface area contributed by atoms with Gasteiger partial charge in [0.2, 0.25) is 5.88 Å². The van der Waals surface area contributed by atoms with E-state index in [0.29, 0.717) is 18.0 Å². The van der Waals surface area contributed by atoms with Gasteiger partial charge in [0, 0.05) is 18.1 Å². The SMILES string of the molecule is COc1csc(Sc2ccc(C(=O)NC3CC4CCC3N4)s2)n1. The maximum Gasteiger partial charge on any atom is 0.261 e. The van der Waals surface area contributed by atoms with Crippen LogP contribution in [0.15, 0.2) is 26.1 Å². The molecule has 2 N–H and O–H groups in total. The third-order valence-electron chi connectivity index (χ3n) is 4.28. The molecule has 3 unspecified atom stereocenters. The van der Waals surface area contributed by atoms with Crippen LogP contribution in [0.1, 0.15) is 28.9 Å². The Balaban J connectivity index is 1.38. The third-order valence-corrected chi connectivity index (χ3v) is 7.41. The highest BCUT2D eigenvalue weighted by Gasteiger charge is 2.39. The number of thiophene rings is 1. The lowest BCUT2D eigenvalue weighted by Crippen LogP contribution is -2.42. The van der Waals surface area contributed by atoms with Crippen molar-refractivity contribution in [3.63, 3.8) is 0 Å². The number of aromatic nitrogens is 1. The number of methoxy groups -OCH3 is 1. The van der Waals surface area contributed by atoms with E-state index in [-0.39, 0.29) is 11.9 Å². The second kappa shape index (κ2) is 6.43. The topological polar surface area (TPSA) is 63.2 Å². The first kappa shape index (κ1) is 15.4. The van der Waals surface area contributed by atoms with Crippen molar-refractivity contribution in [3.05, 3.63) is 22.4 Å². The van der Waals surface area contributed by atoms with E-state index in [1.54, 1.807) is 30.2 Å². The molecular weight excluding hydrogens is 350 g/mol. The van der Waals surface area contributed by atoms with Crippen molar-refractivity contribution in [2.24, 2.45) is 0 Å². The van der Waals surface area contributed by atoms with Crippen LogP contribution < -0.4 is 15.4 Å². The van der Waals surface area contributed by atoms with Crippen LogP contribution in [0.25, 0.3) is 0 Å². The quantitative estimate of drug-likeness (QED) is 0.851. The highest BCUT2D eigenvalue weighted by atomic mass is 32.2. The van der Waals surface area contributed by atoms with Crippen molar-refractivity contribution in [1.29, 1.82) is 0 Å². The zero-order valence-corrected chi connectivity index (χ0v) is 15.0. The molecule has 1 amide bonds. The number of carbonyl (C=O) groups is 1. The maximum absolute atomic E-state index is 12.4. The summed E-state index contributed by atoms with van der Waals surface area (Å²) in [7, 11) is 1.61. The van der Waals surface area contributed by atoms with Gasteiger partial charge in [-0.15, -0.1) is 22.7 Å². The predicted octanol–water partition coefficient (Wildman–Crippen LogP) is 2.99. The smallest absolute Gasteiger partial charge is 0.261 e. The van der Waals surface area contributed by atoms with Crippen LogP contribution in [0.2, 0.25) is 0 Å². The van der Waals surface area contributed by atoms with Crippen molar-refractivity contribution < 1.29 is 9.53 Å². The minimum absolute atomic E-state index is 0.0397. The normalized spacial score (nSPS) is 25.7. The van der Waals surface area contributed by atoms with Gasteiger partial charge in [-0.2, -0.15) is 4.98 Å². The molecule has 2 aliphatic heterocycles. The first-order valence-electron chi connectivity index (χ1n) is 7.55. The summed E-state index contributed by atoms with van der Waals surface area (Å²) in [5, 5.41) is 8.61. The molecule has 0 spiro atoms. The molecule has 0 saturated carbocycles. The van der Waals surface area contributed by atoms with Crippen molar-refractivity contribution in [1.82, 2.24) is 15.6 Å². The lowest BCUT2D eigenvalue weighted by Gasteiger charge is -2.20. The number of carbonyl (C=O) groups excluding carboxylic acids is 1. The minimum Gasteiger partial charge on any atom is -0.480 e. The first-order valence-corrected chi connectivity index (χ1v) is 10.1. The van der Waals surface area contributed by atoms with E-state index in [9.17, 15) is 4.79 Å². The van der Waals surface area contributed by atoms with Crippen molar-refractivity contribution in [2.75, 3.05) is 7.11 Å². The highest BCUT2D eigenvalue weighted by molar-refractivity contribution is 8.02. The van der Waals surface area contributed by atoms with Crippen molar-refractivity contribution in [2.45, 2.75) is 45.9 Å². The number of nitrogens with zero attached hydrogens (tertiary/aromatic N) is 1. The molecule has 0 aliphatic carbocycles. The van der Waals surface area contributed by atoms with E-state index in [4.69, 9.17) is 4.74 Å². The van der Waals surface area contributed by atoms with Crippen LogP contribution in [-0.4, -0.2) is 36.1 Å². The molecule has 2 bridgehead atoms. The van der Waals surface area contributed by atoms with Crippen molar-refractivity contribution in [3.8, 4) is 5.88 Å². The number of hydrogen-bond donors (Lipinski definition) is 2. The van der Waals surface area contributed by atoms with Crippen LogP contribution in [0, 0.1) is 0 Å². The van der Waals surface area contributed by atoms with Gasteiger partial charge < -0.3 is 15.4 Å². The lowest BCUT2D eigenvalue weighted by atomic mass is 9.95. The number of amides is 1. The largest absolute Gasteiger partial charge is 0.480 e. The second-order valence-corrected chi connectivity index (χ2v) is 9.23. The molecule has 2 aromatic rings. The van der Waals surface area contributed by atoms with E-state index in [2.05, 4.69) is 15.6 Å². The van der Waals surface area contributed by atoms with Crippen LogP contribution in [-0.2, 0) is 0 Å². The lowest BCUT2D eigenvalue weighted by molar-refractivity contribution is 0.0935. The summed E-state index contributed by atoms with van der Waals surface area (Å²) in [5.74, 6) is 0.675. The summed E-state index contributed by atoms with van der Waals surface area (Å²) in [4.78, 5) is 17.5. The van der Waals surface area contributed by atoms with Gasteiger partial charge in [0.1, 0.15) is 0 Å². The Hall–Kier alpha value is -1.09. The fraction of sp³-hybridized carbons (Fsp3) is 0.467. The number of hydrogen-bond acceptors (Lipinski definition) is 7. The van der Waals surface area contributed by atoms with E-state index in [0.717, 1.165) is 19.8 Å². The van der Waals surface area contributed by atoms with E-state index in [1.807, 2.05) is 17.5 Å². The highest BCUT2D eigenvalue weighted by Crippen LogP contribution is 2.36. The Morgan fingerprint density at radius 1 is 1.48 bits per heavy atom. The molecular formula is C15H17N3O2S3. The van der Waals surface area contributed by atoms with Crippen LogP contribution >= 0.6 is 34.4 Å². The summed E-state index contributed by atoms with van der Waals surface area (Å²) >= 11 is 4.63. The standard InChI is InChI=1S/C15H17N3O2S3/c1-20-12-7-21-15(18-12)23-13-5-4-11(22-13)14(19)17-10-6-8-2-3-9(10)16-8/h4-5,7-10,16H,2-3,6H2,1H3,(H,17,19). The summed E-state index contributed by atoms with van der Waals surface area (Å²) in [5.41, 5.74) is 0. The fourth-order valence-electron chi connectivity index (χ4n) is 3.19. The fourth-order valence-corrected chi connectivity index (χ4v) is 6.21. The Bertz CT molecular complexity index is 714. The number of fused-ring (bicyclic) bond motifs is 2. The Morgan fingerprint density at radius 3 is 3.09 bits per heavy atom. The van der Waals surface area contributed by atoms with Gasteiger partial charge in [-0.25, -0.2) is 0 Å². The molecule has 3 atom stereocenters. The zero-order valence-electron chi connectivity index (χ0n) is 12.6. The van der Waals surface area contributed by atoms with Gasteiger partial charge >= 0.3 is 0 Å². The molecule has 2 saturated heterocycles.